The van der Waals surface area contributed by atoms with Crippen molar-refractivity contribution < 1.29 is 4.79 Å². The smallest absolute Gasteiger partial charge is 0.185 e. The molecule has 0 saturated carbocycles. The second-order valence-electron chi connectivity index (χ2n) is 3.12. The third-order valence-electron chi connectivity index (χ3n) is 1.77. The molecule has 4 heteroatoms. The molecule has 1 aromatic rings. The zero-order chi connectivity index (χ0) is 12.0. The Morgan fingerprint density at radius 2 is 2.31 bits per heavy atom. The zero-order valence-corrected chi connectivity index (χ0v) is 10.5. The number of hydrogen-bond donors (Lipinski definition) is 1. The van der Waals surface area contributed by atoms with Crippen molar-refractivity contribution in [3.05, 3.63) is 28.8 Å². The van der Waals surface area contributed by atoms with Crippen molar-refractivity contribution in [3.8, 4) is 11.8 Å². The Hall–Kier alpha value is -1.11. The normalized spacial score (nSPS) is 9.38. The number of nitrogen functional groups attached to an aromatic ring is 1. The summed E-state index contributed by atoms with van der Waals surface area (Å²) in [4.78, 5) is 10.7. The van der Waals surface area contributed by atoms with Crippen LogP contribution in [-0.2, 0) is 4.79 Å². The molecule has 0 aliphatic rings. The van der Waals surface area contributed by atoms with Gasteiger partial charge in [-0.15, -0.1) is 0 Å². The molecular formula is C12H12ClNOS. The molecular weight excluding hydrogens is 242 g/mol. The maximum absolute atomic E-state index is 10.7. The highest BCUT2D eigenvalue weighted by atomic mass is 35.5. The fraction of sp³-hybridized carbons (Fsp3) is 0.250. The van der Waals surface area contributed by atoms with E-state index in [1.54, 1.807) is 25.1 Å². The van der Waals surface area contributed by atoms with Crippen LogP contribution in [0, 0.1) is 11.8 Å². The van der Waals surface area contributed by atoms with E-state index in [4.69, 9.17) is 17.3 Å². The van der Waals surface area contributed by atoms with Crippen molar-refractivity contribution in [1.82, 2.24) is 0 Å². The van der Waals surface area contributed by atoms with Crippen molar-refractivity contribution in [2.24, 2.45) is 0 Å². The van der Waals surface area contributed by atoms with Gasteiger partial charge in [0, 0.05) is 35.4 Å². The minimum Gasteiger partial charge on any atom is -0.398 e. The molecule has 0 spiro atoms. The van der Waals surface area contributed by atoms with Gasteiger partial charge in [0.1, 0.15) is 0 Å². The maximum atomic E-state index is 10.7. The number of rotatable bonds is 2. The molecule has 0 bridgehead atoms. The number of nitrogens with two attached hydrogens (primary N) is 1. The number of carbonyl (C=O) groups excluding carboxylic acids is 1. The molecule has 0 unspecified atom stereocenters. The second kappa shape index (κ2) is 6.47. The van der Waals surface area contributed by atoms with Crippen LogP contribution >= 0.6 is 23.4 Å². The molecule has 0 saturated heterocycles. The molecule has 0 heterocycles. The van der Waals surface area contributed by atoms with Crippen LogP contribution in [0.25, 0.3) is 0 Å². The van der Waals surface area contributed by atoms with Gasteiger partial charge in [-0.3, -0.25) is 4.79 Å². The van der Waals surface area contributed by atoms with Gasteiger partial charge in [-0.05, 0) is 18.2 Å². The Balaban J connectivity index is 2.56. The molecule has 1 rings (SSSR count). The van der Waals surface area contributed by atoms with Crippen LogP contribution in [0.1, 0.15) is 18.9 Å². The van der Waals surface area contributed by atoms with Gasteiger partial charge < -0.3 is 5.73 Å². The molecule has 0 amide bonds. The maximum Gasteiger partial charge on any atom is 0.185 e. The summed E-state index contributed by atoms with van der Waals surface area (Å²) >= 11 is 7.10. The van der Waals surface area contributed by atoms with Gasteiger partial charge in [-0.1, -0.05) is 35.2 Å². The summed E-state index contributed by atoms with van der Waals surface area (Å²) in [6, 6.07) is 5.20. The largest absolute Gasteiger partial charge is 0.398 e. The third-order valence-corrected chi connectivity index (χ3v) is 2.82. The van der Waals surface area contributed by atoms with Crippen molar-refractivity contribution >= 4 is 34.2 Å². The van der Waals surface area contributed by atoms with Crippen molar-refractivity contribution in [3.63, 3.8) is 0 Å². The highest BCUT2D eigenvalue weighted by Crippen LogP contribution is 2.16. The summed E-state index contributed by atoms with van der Waals surface area (Å²) in [5.41, 5.74) is 7.09. The highest BCUT2D eigenvalue weighted by molar-refractivity contribution is 8.13. The van der Waals surface area contributed by atoms with Gasteiger partial charge in [0.25, 0.3) is 0 Å². The molecule has 84 valence electrons. The monoisotopic (exact) mass is 253 g/mol. The SMILES string of the molecule is CC(=O)SCCC#Cc1cc(Cl)ccc1N. The molecule has 0 fully saturated rings. The molecule has 1 aromatic carbocycles. The molecule has 0 radical (unpaired) electrons. The summed E-state index contributed by atoms with van der Waals surface area (Å²) in [5.74, 6) is 6.62. The average molecular weight is 254 g/mol. The highest BCUT2D eigenvalue weighted by Gasteiger charge is 1.96. The number of thioether (sulfide) groups is 1. The van der Waals surface area contributed by atoms with Gasteiger partial charge in [0.05, 0.1) is 0 Å². The zero-order valence-electron chi connectivity index (χ0n) is 8.92. The number of anilines is 1. The lowest BCUT2D eigenvalue weighted by Gasteiger charge is -1.97. The Labute approximate surface area is 105 Å². The lowest BCUT2D eigenvalue weighted by Crippen LogP contribution is -1.89. The van der Waals surface area contributed by atoms with Gasteiger partial charge in [0.2, 0.25) is 0 Å². The summed E-state index contributed by atoms with van der Waals surface area (Å²) in [6.45, 7) is 1.55. The van der Waals surface area contributed by atoms with Crippen LogP contribution in [0.2, 0.25) is 5.02 Å². The van der Waals surface area contributed by atoms with Crippen LogP contribution in [0.5, 0.6) is 0 Å². The predicted octanol–water partition coefficient (Wildman–Crippen LogP) is 2.94. The van der Waals surface area contributed by atoms with E-state index >= 15 is 0 Å². The quantitative estimate of drug-likeness (QED) is 0.501. The van der Waals surface area contributed by atoms with E-state index in [2.05, 4.69) is 11.8 Å². The third kappa shape index (κ3) is 4.61. The molecule has 0 aromatic heterocycles. The van der Waals surface area contributed by atoms with E-state index in [1.807, 2.05) is 0 Å². The number of carbonyl (C=O) groups is 1. The van der Waals surface area contributed by atoms with Gasteiger partial charge in [-0.25, -0.2) is 0 Å². The first-order valence-corrected chi connectivity index (χ1v) is 6.13. The summed E-state index contributed by atoms with van der Waals surface area (Å²) in [5, 5.41) is 0.737. The van der Waals surface area contributed by atoms with Gasteiger partial charge >= 0.3 is 0 Å². The van der Waals surface area contributed by atoms with Crippen LogP contribution in [-0.4, -0.2) is 10.9 Å². The molecule has 0 aliphatic carbocycles. The van der Waals surface area contributed by atoms with Gasteiger partial charge in [-0.2, -0.15) is 0 Å². The minimum absolute atomic E-state index is 0.115. The minimum atomic E-state index is 0.115. The summed E-state index contributed by atoms with van der Waals surface area (Å²) < 4.78 is 0. The van der Waals surface area contributed by atoms with E-state index < -0.39 is 0 Å². The fourth-order valence-corrected chi connectivity index (χ4v) is 1.70. The topological polar surface area (TPSA) is 43.1 Å². The van der Waals surface area contributed by atoms with Gasteiger partial charge in [0.15, 0.2) is 5.12 Å². The molecule has 16 heavy (non-hydrogen) atoms. The summed E-state index contributed by atoms with van der Waals surface area (Å²) in [7, 11) is 0. The van der Waals surface area contributed by atoms with Crippen LogP contribution in [0.15, 0.2) is 18.2 Å². The van der Waals surface area contributed by atoms with Crippen LogP contribution < -0.4 is 5.73 Å². The number of hydrogen-bond acceptors (Lipinski definition) is 3. The average Bonchev–Trinajstić information content (AvgIpc) is 2.22. The fourth-order valence-electron chi connectivity index (χ4n) is 1.04. The lowest BCUT2D eigenvalue weighted by molar-refractivity contribution is -0.109. The van der Waals surface area contributed by atoms with E-state index in [1.165, 1.54) is 11.8 Å². The van der Waals surface area contributed by atoms with Crippen molar-refractivity contribution in [1.29, 1.82) is 0 Å². The van der Waals surface area contributed by atoms with E-state index in [0.29, 0.717) is 22.9 Å². The standard InChI is InChI=1S/C12H12ClNOS/c1-9(15)16-7-3-2-4-10-8-11(13)5-6-12(10)14/h5-6,8H,3,7,14H2,1H3. The Morgan fingerprint density at radius 3 is 3.00 bits per heavy atom. The Morgan fingerprint density at radius 1 is 1.56 bits per heavy atom. The molecule has 2 nitrogen and oxygen atoms in total. The lowest BCUT2D eigenvalue weighted by atomic mass is 10.2. The molecule has 0 atom stereocenters. The molecule has 2 N–H and O–H groups in total. The number of halogens is 1. The summed E-state index contributed by atoms with van der Waals surface area (Å²) in [6.07, 6.45) is 0.663. The van der Waals surface area contributed by atoms with Crippen LogP contribution in [0.4, 0.5) is 5.69 Å². The predicted molar refractivity (Wildman–Crippen MR) is 70.5 cm³/mol. The van der Waals surface area contributed by atoms with E-state index in [0.717, 1.165) is 5.56 Å². The first kappa shape index (κ1) is 13.0. The second-order valence-corrected chi connectivity index (χ2v) is 4.83. The Kier molecular flexibility index (Phi) is 5.24. The Bertz CT molecular complexity index is 448. The number of benzene rings is 1. The van der Waals surface area contributed by atoms with Crippen molar-refractivity contribution in [2.45, 2.75) is 13.3 Å². The van der Waals surface area contributed by atoms with E-state index in [-0.39, 0.29) is 5.12 Å². The first-order valence-electron chi connectivity index (χ1n) is 4.77. The first-order chi connectivity index (χ1) is 7.59. The molecule has 0 aliphatic heterocycles. The van der Waals surface area contributed by atoms with E-state index in [9.17, 15) is 4.79 Å². The van der Waals surface area contributed by atoms with Crippen molar-refractivity contribution in [2.75, 3.05) is 11.5 Å². The van der Waals surface area contributed by atoms with Crippen LogP contribution in [0.3, 0.4) is 0 Å².